The molecule has 0 saturated carbocycles. The van der Waals surface area contributed by atoms with Crippen LogP contribution in [0.2, 0.25) is 0 Å². The van der Waals surface area contributed by atoms with Gasteiger partial charge in [0.05, 0.1) is 24.7 Å². The fourth-order valence-electron chi connectivity index (χ4n) is 3.56. The van der Waals surface area contributed by atoms with E-state index in [0.717, 1.165) is 29.8 Å². The molecule has 1 N–H and O–H groups in total. The summed E-state index contributed by atoms with van der Waals surface area (Å²) < 4.78 is 28.3. The molecule has 156 valence electrons. The Balaban J connectivity index is 1.41. The topological polar surface area (TPSA) is 105 Å². The lowest BCUT2D eigenvalue weighted by Crippen LogP contribution is -2.49. The molecule has 1 amide bonds. The van der Waals surface area contributed by atoms with Crippen molar-refractivity contribution in [1.82, 2.24) is 34.1 Å². The van der Waals surface area contributed by atoms with Gasteiger partial charge in [0.25, 0.3) is 0 Å². The zero-order chi connectivity index (χ0) is 20.3. The summed E-state index contributed by atoms with van der Waals surface area (Å²) in [6.45, 7) is 8.96. The molecule has 10 nitrogen and oxygen atoms in total. The number of sulfonamides is 1. The van der Waals surface area contributed by atoms with E-state index in [-0.39, 0.29) is 5.91 Å². The van der Waals surface area contributed by atoms with Crippen molar-refractivity contribution in [1.29, 1.82) is 0 Å². The standard InChI is InChI=1S/C17H29N7O3S/c1-4-23-15-13-19-24(17(15)14(2)20-23)7-5-16(25)18-6-8-21-9-11-22(12-10-21)28(3,26)27/h13H,4-12H2,1-3H3,(H,18,25). The van der Waals surface area contributed by atoms with Gasteiger partial charge in [0.2, 0.25) is 15.9 Å². The smallest absolute Gasteiger partial charge is 0.221 e. The molecule has 0 unspecified atom stereocenters. The van der Waals surface area contributed by atoms with E-state index in [1.165, 1.54) is 10.6 Å². The van der Waals surface area contributed by atoms with Gasteiger partial charge < -0.3 is 5.32 Å². The second kappa shape index (κ2) is 8.58. The summed E-state index contributed by atoms with van der Waals surface area (Å²) in [5.41, 5.74) is 2.90. The number of fused-ring (bicyclic) bond motifs is 1. The van der Waals surface area contributed by atoms with Gasteiger partial charge in [-0.25, -0.2) is 8.42 Å². The summed E-state index contributed by atoms with van der Waals surface area (Å²) in [6, 6.07) is 0. The molecule has 1 saturated heterocycles. The van der Waals surface area contributed by atoms with Crippen LogP contribution in [0.1, 0.15) is 19.0 Å². The molecule has 11 heteroatoms. The number of nitrogens with one attached hydrogen (secondary N) is 1. The SMILES string of the molecule is CCn1nc(C)c2c1cnn2CCC(=O)NCCN1CCN(S(C)(=O)=O)CC1. The lowest BCUT2D eigenvalue weighted by atomic mass is 10.3. The van der Waals surface area contributed by atoms with Gasteiger partial charge in [-0.15, -0.1) is 0 Å². The first-order valence-electron chi connectivity index (χ1n) is 9.62. The molecule has 0 radical (unpaired) electrons. The Kier molecular flexibility index (Phi) is 6.36. The van der Waals surface area contributed by atoms with Crippen molar-refractivity contribution in [2.24, 2.45) is 0 Å². The van der Waals surface area contributed by atoms with Crippen molar-refractivity contribution in [3.05, 3.63) is 11.9 Å². The van der Waals surface area contributed by atoms with Crippen LogP contribution in [0, 0.1) is 6.92 Å². The molecule has 0 bridgehead atoms. The molecule has 3 heterocycles. The predicted molar refractivity (Wildman–Crippen MR) is 106 cm³/mol. The van der Waals surface area contributed by atoms with Gasteiger partial charge in [-0.2, -0.15) is 14.5 Å². The fourth-order valence-corrected chi connectivity index (χ4v) is 4.39. The minimum atomic E-state index is -3.11. The summed E-state index contributed by atoms with van der Waals surface area (Å²) in [4.78, 5) is 14.3. The van der Waals surface area contributed by atoms with Gasteiger partial charge in [-0.05, 0) is 13.8 Å². The van der Waals surface area contributed by atoms with Crippen molar-refractivity contribution in [3.8, 4) is 0 Å². The van der Waals surface area contributed by atoms with Crippen molar-refractivity contribution in [2.75, 3.05) is 45.5 Å². The molecular weight excluding hydrogens is 382 g/mol. The molecule has 2 aromatic heterocycles. The van der Waals surface area contributed by atoms with Crippen LogP contribution in [0.4, 0.5) is 0 Å². The fraction of sp³-hybridized carbons (Fsp3) is 0.706. The molecule has 1 fully saturated rings. The van der Waals surface area contributed by atoms with Gasteiger partial charge in [-0.1, -0.05) is 0 Å². The van der Waals surface area contributed by atoms with E-state index in [4.69, 9.17) is 0 Å². The first kappa shape index (κ1) is 20.7. The number of aryl methyl sites for hydroxylation is 3. The van der Waals surface area contributed by atoms with Crippen LogP contribution in [0.3, 0.4) is 0 Å². The van der Waals surface area contributed by atoms with Gasteiger partial charge in [0.15, 0.2) is 0 Å². The number of hydrogen-bond acceptors (Lipinski definition) is 6. The van der Waals surface area contributed by atoms with Gasteiger partial charge in [0, 0.05) is 52.2 Å². The Bertz CT molecular complexity index is 926. The van der Waals surface area contributed by atoms with Crippen LogP contribution >= 0.6 is 0 Å². The summed E-state index contributed by atoms with van der Waals surface area (Å²) in [5, 5.41) is 11.8. The molecule has 1 aliphatic heterocycles. The van der Waals surface area contributed by atoms with Crippen molar-refractivity contribution >= 4 is 27.0 Å². The second-order valence-electron chi connectivity index (χ2n) is 7.11. The van der Waals surface area contributed by atoms with Crippen LogP contribution in [-0.2, 0) is 27.9 Å². The van der Waals surface area contributed by atoms with Crippen LogP contribution in [0.25, 0.3) is 11.0 Å². The number of rotatable bonds is 8. The average Bonchev–Trinajstić information content (AvgIpc) is 3.21. The number of piperazine rings is 1. The average molecular weight is 412 g/mol. The highest BCUT2D eigenvalue weighted by molar-refractivity contribution is 7.88. The Morgan fingerprint density at radius 1 is 1.18 bits per heavy atom. The number of amides is 1. The molecule has 28 heavy (non-hydrogen) atoms. The maximum absolute atomic E-state index is 12.2. The lowest BCUT2D eigenvalue weighted by molar-refractivity contribution is -0.121. The summed E-state index contributed by atoms with van der Waals surface area (Å²) >= 11 is 0. The number of aromatic nitrogens is 4. The molecular formula is C17H29N7O3S. The van der Waals surface area contributed by atoms with Gasteiger partial charge in [-0.3, -0.25) is 19.1 Å². The van der Waals surface area contributed by atoms with Crippen LogP contribution in [-0.4, -0.2) is 88.6 Å². The van der Waals surface area contributed by atoms with Crippen molar-refractivity contribution in [3.63, 3.8) is 0 Å². The number of carbonyl (C=O) groups is 1. The molecule has 0 spiro atoms. The van der Waals surface area contributed by atoms with E-state index in [0.29, 0.717) is 45.7 Å². The van der Waals surface area contributed by atoms with Gasteiger partial charge >= 0.3 is 0 Å². The third-order valence-corrected chi connectivity index (χ3v) is 6.42. The van der Waals surface area contributed by atoms with E-state index in [1.54, 1.807) is 6.20 Å². The van der Waals surface area contributed by atoms with E-state index in [2.05, 4.69) is 20.4 Å². The molecule has 0 atom stereocenters. The minimum Gasteiger partial charge on any atom is -0.355 e. The number of nitrogens with zero attached hydrogens (tertiary/aromatic N) is 6. The molecule has 0 aromatic carbocycles. The third-order valence-electron chi connectivity index (χ3n) is 5.11. The Morgan fingerprint density at radius 2 is 1.89 bits per heavy atom. The quantitative estimate of drug-likeness (QED) is 0.636. The first-order chi connectivity index (χ1) is 13.3. The van der Waals surface area contributed by atoms with Gasteiger partial charge in [0.1, 0.15) is 11.0 Å². The second-order valence-corrected chi connectivity index (χ2v) is 9.09. The molecule has 3 rings (SSSR count). The zero-order valence-electron chi connectivity index (χ0n) is 16.8. The molecule has 0 aliphatic carbocycles. The largest absolute Gasteiger partial charge is 0.355 e. The monoisotopic (exact) mass is 411 g/mol. The summed E-state index contributed by atoms with van der Waals surface area (Å²) in [6.07, 6.45) is 3.40. The Morgan fingerprint density at radius 3 is 2.54 bits per heavy atom. The van der Waals surface area contributed by atoms with Crippen molar-refractivity contribution in [2.45, 2.75) is 33.4 Å². The predicted octanol–water partition coefficient (Wildman–Crippen LogP) is -0.355. The number of hydrogen-bond donors (Lipinski definition) is 1. The molecule has 1 aliphatic rings. The maximum atomic E-state index is 12.2. The molecule has 2 aromatic rings. The van der Waals surface area contributed by atoms with E-state index >= 15 is 0 Å². The Hall–Kier alpha value is -1.98. The lowest BCUT2D eigenvalue weighted by Gasteiger charge is -2.33. The summed E-state index contributed by atoms with van der Waals surface area (Å²) in [7, 11) is -3.11. The maximum Gasteiger partial charge on any atom is 0.221 e. The van der Waals surface area contributed by atoms with E-state index in [1.807, 2.05) is 23.2 Å². The minimum absolute atomic E-state index is 0.0149. The third kappa shape index (κ3) is 4.70. The highest BCUT2D eigenvalue weighted by atomic mass is 32.2. The highest BCUT2D eigenvalue weighted by Crippen LogP contribution is 2.17. The van der Waals surface area contributed by atoms with Crippen LogP contribution < -0.4 is 5.32 Å². The van der Waals surface area contributed by atoms with E-state index < -0.39 is 10.0 Å². The summed E-state index contributed by atoms with van der Waals surface area (Å²) in [5.74, 6) is -0.0149. The normalized spacial score (nSPS) is 16.7. The van der Waals surface area contributed by atoms with Crippen molar-refractivity contribution < 1.29 is 13.2 Å². The van der Waals surface area contributed by atoms with Crippen LogP contribution in [0.5, 0.6) is 0 Å². The zero-order valence-corrected chi connectivity index (χ0v) is 17.6. The van der Waals surface area contributed by atoms with E-state index in [9.17, 15) is 13.2 Å². The van der Waals surface area contributed by atoms with Crippen LogP contribution in [0.15, 0.2) is 6.20 Å². The highest BCUT2D eigenvalue weighted by Gasteiger charge is 2.23. The first-order valence-corrected chi connectivity index (χ1v) is 11.5. The number of carbonyl (C=O) groups excluding carboxylic acids is 1. The Labute approximate surface area is 165 Å².